The molecule has 0 amide bonds. The minimum absolute atomic E-state index is 0.318. The van der Waals surface area contributed by atoms with Crippen molar-refractivity contribution < 1.29 is 24.0 Å². The Morgan fingerprint density at radius 3 is 2.48 bits per heavy atom. The third kappa shape index (κ3) is 3.63. The van der Waals surface area contributed by atoms with Gasteiger partial charge in [0.1, 0.15) is 0 Å². The highest BCUT2D eigenvalue weighted by Crippen LogP contribution is 2.45. The summed E-state index contributed by atoms with van der Waals surface area (Å²) < 4.78 is 16.8. The van der Waals surface area contributed by atoms with Gasteiger partial charge >= 0.3 is 0 Å². The van der Waals surface area contributed by atoms with Crippen LogP contribution in [0.2, 0.25) is 0 Å². The number of nitrogens with zero attached hydrogens (tertiary/aromatic N) is 1. The molecular formula is C23H29NO5. The van der Waals surface area contributed by atoms with Crippen LogP contribution in [0.15, 0.2) is 24.3 Å². The van der Waals surface area contributed by atoms with Gasteiger partial charge in [0, 0.05) is 24.7 Å². The largest absolute Gasteiger partial charge is 0.493 e. The van der Waals surface area contributed by atoms with E-state index in [1.54, 1.807) is 21.3 Å². The van der Waals surface area contributed by atoms with E-state index in [-0.39, 0.29) is 0 Å². The van der Waals surface area contributed by atoms with Crippen LogP contribution in [-0.2, 0) is 24.3 Å². The average Bonchev–Trinajstić information content (AvgIpc) is 2.76. The number of methoxy groups -OCH3 is 3. The quantitative estimate of drug-likeness (QED) is 0.397. The van der Waals surface area contributed by atoms with Gasteiger partial charge in [-0.25, -0.2) is 0 Å². The molecule has 0 spiro atoms. The van der Waals surface area contributed by atoms with Crippen molar-refractivity contribution in [1.29, 1.82) is 0 Å². The van der Waals surface area contributed by atoms with Gasteiger partial charge in [0.15, 0.2) is 17.2 Å². The number of benzene rings is 2. The highest BCUT2D eigenvalue weighted by atomic mass is 17.2. The molecule has 0 bridgehead atoms. The van der Waals surface area contributed by atoms with E-state index in [1.165, 1.54) is 22.3 Å². The van der Waals surface area contributed by atoms with Crippen LogP contribution in [0.1, 0.15) is 41.6 Å². The maximum atomic E-state index is 5.72. The molecular weight excluding hydrogens is 370 g/mol. The fourth-order valence-corrected chi connectivity index (χ4v) is 4.41. The molecule has 1 unspecified atom stereocenters. The summed E-state index contributed by atoms with van der Waals surface area (Å²) >= 11 is 0. The van der Waals surface area contributed by atoms with Crippen molar-refractivity contribution in [2.24, 2.45) is 0 Å². The average molecular weight is 399 g/mol. The molecule has 4 rings (SSSR count). The fourth-order valence-electron chi connectivity index (χ4n) is 4.41. The predicted molar refractivity (Wildman–Crippen MR) is 110 cm³/mol. The van der Waals surface area contributed by atoms with Gasteiger partial charge in [-0.05, 0) is 54.2 Å². The van der Waals surface area contributed by atoms with Crippen molar-refractivity contribution in [3.05, 3.63) is 46.5 Å². The van der Waals surface area contributed by atoms with Gasteiger partial charge in [-0.1, -0.05) is 13.0 Å². The number of fused-ring (bicyclic) bond motifs is 4. The van der Waals surface area contributed by atoms with Gasteiger partial charge < -0.3 is 19.1 Å². The Morgan fingerprint density at radius 1 is 0.966 bits per heavy atom. The molecule has 2 aromatic rings. The molecule has 0 fully saturated rings. The molecule has 0 N–H and O–H groups in total. The van der Waals surface area contributed by atoms with Crippen molar-refractivity contribution in [2.45, 2.75) is 38.8 Å². The first-order valence-corrected chi connectivity index (χ1v) is 10.2. The Morgan fingerprint density at radius 2 is 1.76 bits per heavy atom. The van der Waals surface area contributed by atoms with E-state index < -0.39 is 0 Å². The zero-order valence-electron chi connectivity index (χ0n) is 17.6. The Hall–Kier alpha value is -2.44. The van der Waals surface area contributed by atoms with E-state index in [1.807, 2.05) is 13.0 Å². The Balaban J connectivity index is 1.67. The van der Waals surface area contributed by atoms with Gasteiger partial charge in [0.25, 0.3) is 0 Å². The van der Waals surface area contributed by atoms with Crippen LogP contribution in [0.3, 0.4) is 0 Å². The van der Waals surface area contributed by atoms with Gasteiger partial charge in [-0.2, -0.15) is 4.89 Å². The molecule has 0 saturated heterocycles. The molecule has 0 aromatic heterocycles. The maximum absolute atomic E-state index is 5.72. The third-order valence-electron chi connectivity index (χ3n) is 5.85. The second-order valence-corrected chi connectivity index (χ2v) is 7.49. The van der Waals surface area contributed by atoms with Gasteiger partial charge in [0.2, 0.25) is 5.75 Å². The lowest BCUT2D eigenvalue weighted by Crippen LogP contribution is -2.39. The molecule has 0 radical (unpaired) electrons. The highest BCUT2D eigenvalue weighted by Gasteiger charge is 2.35. The zero-order chi connectivity index (χ0) is 20.4. The lowest BCUT2D eigenvalue weighted by molar-refractivity contribution is -0.207. The third-order valence-corrected chi connectivity index (χ3v) is 5.85. The van der Waals surface area contributed by atoms with Crippen LogP contribution in [0.25, 0.3) is 0 Å². The van der Waals surface area contributed by atoms with Crippen LogP contribution >= 0.6 is 0 Å². The summed E-state index contributed by atoms with van der Waals surface area (Å²) in [4.78, 5) is 13.3. The summed E-state index contributed by atoms with van der Waals surface area (Å²) in [6, 6.07) is 8.67. The molecule has 2 aromatic carbocycles. The molecule has 1 atom stereocenters. The van der Waals surface area contributed by atoms with Crippen molar-refractivity contribution in [1.82, 2.24) is 4.90 Å². The molecule has 156 valence electrons. The summed E-state index contributed by atoms with van der Waals surface area (Å²) in [6.07, 6.45) is 2.81. The lowest BCUT2D eigenvalue weighted by Gasteiger charge is -2.42. The number of rotatable bonds is 7. The summed E-state index contributed by atoms with van der Waals surface area (Å²) in [7, 11) is 5.07. The Kier molecular flexibility index (Phi) is 5.83. The van der Waals surface area contributed by atoms with Crippen molar-refractivity contribution in [3.8, 4) is 23.0 Å². The van der Waals surface area contributed by atoms with Gasteiger partial charge in [0.05, 0.1) is 27.9 Å². The molecule has 6 heteroatoms. The predicted octanol–water partition coefficient (Wildman–Crippen LogP) is 4.09. The molecule has 6 nitrogen and oxygen atoms in total. The standard InChI is InChI=1S/C23H29NO5/c1-5-10-28-29-20-7-6-15-11-19-17-13-22(26-3)21(25-2)12-16(17)8-9-24(19)14-18(15)23(20)27-4/h6-7,12-13,19H,5,8-11,14H2,1-4H3. The van der Waals surface area contributed by atoms with E-state index in [0.29, 0.717) is 18.4 Å². The van der Waals surface area contributed by atoms with Crippen LogP contribution < -0.4 is 19.1 Å². The van der Waals surface area contributed by atoms with Crippen molar-refractivity contribution in [3.63, 3.8) is 0 Å². The Labute approximate surface area is 172 Å². The topological polar surface area (TPSA) is 49.4 Å². The van der Waals surface area contributed by atoms with Gasteiger partial charge in [-0.15, -0.1) is 0 Å². The summed E-state index contributed by atoms with van der Waals surface area (Å²) in [5, 5.41) is 0. The lowest BCUT2D eigenvalue weighted by atomic mass is 9.83. The summed E-state index contributed by atoms with van der Waals surface area (Å²) in [6.45, 7) is 4.41. The highest BCUT2D eigenvalue weighted by molar-refractivity contribution is 5.54. The van der Waals surface area contributed by atoms with Crippen LogP contribution in [-0.4, -0.2) is 39.4 Å². The van der Waals surface area contributed by atoms with Crippen LogP contribution in [0.4, 0.5) is 0 Å². The first kappa shape index (κ1) is 19.9. The van der Waals surface area contributed by atoms with Gasteiger partial charge in [-0.3, -0.25) is 4.90 Å². The molecule has 2 aliphatic rings. The van der Waals surface area contributed by atoms with Crippen molar-refractivity contribution >= 4 is 0 Å². The normalized spacial score (nSPS) is 17.7. The Bertz CT molecular complexity index is 882. The number of hydrogen-bond donors (Lipinski definition) is 0. The fraction of sp³-hybridized carbons (Fsp3) is 0.478. The van der Waals surface area contributed by atoms with Crippen LogP contribution in [0, 0.1) is 0 Å². The smallest absolute Gasteiger partial charge is 0.207 e. The second kappa shape index (κ2) is 8.51. The van der Waals surface area contributed by atoms with Crippen molar-refractivity contribution in [2.75, 3.05) is 34.5 Å². The monoisotopic (exact) mass is 399 g/mol. The first-order chi connectivity index (χ1) is 14.2. The first-order valence-electron chi connectivity index (χ1n) is 10.2. The minimum atomic E-state index is 0.318. The molecule has 29 heavy (non-hydrogen) atoms. The summed E-state index contributed by atoms with van der Waals surface area (Å²) in [5.41, 5.74) is 5.14. The molecule has 0 saturated carbocycles. The zero-order valence-corrected chi connectivity index (χ0v) is 17.6. The van der Waals surface area contributed by atoms with E-state index in [4.69, 9.17) is 24.0 Å². The number of hydrogen-bond acceptors (Lipinski definition) is 6. The van der Waals surface area contributed by atoms with E-state index in [0.717, 1.165) is 49.6 Å². The van der Waals surface area contributed by atoms with Crippen LogP contribution in [0.5, 0.6) is 23.0 Å². The SMILES string of the molecule is CCCOOc1ccc2c(c1OC)CN1CCc3cc(OC)c(OC)cc3C1C2. The van der Waals surface area contributed by atoms with E-state index >= 15 is 0 Å². The molecule has 0 aliphatic carbocycles. The second-order valence-electron chi connectivity index (χ2n) is 7.49. The molecule has 2 heterocycles. The summed E-state index contributed by atoms with van der Waals surface area (Å²) in [5.74, 6) is 3.00. The van der Waals surface area contributed by atoms with E-state index in [9.17, 15) is 0 Å². The number of ether oxygens (including phenoxy) is 3. The molecule has 2 aliphatic heterocycles. The maximum Gasteiger partial charge on any atom is 0.207 e. The van der Waals surface area contributed by atoms with E-state index in [2.05, 4.69) is 23.1 Å². The minimum Gasteiger partial charge on any atom is -0.493 e.